The van der Waals surface area contributed by atoms with Crippen molar-refractivity contribution in [2.75, 3.05) is 14.2 Å². The van der Waals surface area contributed by atoms with Crippen molar-refractivity contribution in [3.63, 3.8) is 0 Å². The molecule has 0 saturated heterocycles. The number of hydrogen-bond acceptors (Lipinski definition) is 5. The molecule has 0 spiro atoms. The van der Waals surface area contributed by atoms with Gasteiger partial charge in [-0.3, -0.25) is 4.79 Å². The molecule has 108 valence electrons. The Kier molecular flexibility index (Phi) is 4.96. The van der Waals surface area contributed by atoms with Crippen LogP contribution in [0.2, 0.25) is 0 Å². The second kappa shape index (κ2) is 6.46. The predicted molar refractivity (Wildman–Crippen MR) is 70.6 cm³/mol. The Morgan fingerprint density at radius 3 is 2.05 bits per heavy atom. The summed E-state index contributed by atoms with van der Waals surface area (Å²) in [4.78, 5) is 22.0. The van der Waals surface area contributed by atoms with Crippen LogP contribution in [0.4, 0.5) is 0 Å². The molecule has 0 atom stereocenters. The highest BCUT2D eigenvalue weighted by atomic mass is 16.5. The van der Waals surface area contributed by atoms with Crippen molar-refractivity contribution in [3.05, 3.63) is 23.4 Å². The normalized spacial score (nSPS) is 10.8. The first-order valence-electron chi connectivity index (χ1n) is 5.56. The first kappa shape index (κ1) is 15.4. The van der Waals surface area contributed by atoms with Crippen LogP contribution in [-0.4, -0.2) is 36.3 Å². The average Bonchev–Trinajstić information content (AvgIpc) is 2.38. The van der Waals surface area contributed by atoms with E-state index in [-0.39, 0.29) is 22.9 Å². The molecule has 3 N–H and O–H groups in total. The standard InChI is InChI=1S/C13H15NO6/c1-7(15)14-9(13(17)18)4-8-5-10(19-2)12(16)11(6-8)20-3/h4-6,16H,1-3H3,(H,14,15)(H,17,18)/b9-4-. The van der Waals surface area contributed by atoms with E-state index >= 15 is 0 Å². The molecule has 0 aliphatic heterocycles. The van der Waals surface area contributed by atoms with Gasteiger partial charge in [0.15, 0.2) is 11.5 Å². The van der Waals surface area contributed by atoms with Gasteiger partial charge in [0.05, 0.1) is 14.2 Å². The van der Waals surface area contributed by atoms with Gasteiger partial charge in [-0.2, -0.15) is 0 Å². The first-order valence-corrected chi connectivity index (χ1v) is 5.56. The van der Waals surface area contributed by atoms with Gasteiger partial charge >= 0.3 is 5.97 Å². The van der Waals surface area contributed by atoms with E-state index in [4.69, 9.17) is 14.6 Å². The highest BCUT2D eigenvalue weighted by Crippen LogP contribution is 2.37. The third kappa shape index (κ3) is 3.64. The molecule has 0 unspecified atom stereocenters. The minimum absolute atomic E-state index is 0.128. The van der Waals surface area contributed by atoms with Crippen LogP contribution in [0.1, 0.15) is 12.5 Å². The van der Waals surface area contributed by atoms with Gasteiger partial charge in [-0.15, -0.1) is 0 Å². The van der Waals surface area contributed by atoms with Crippen LogP contribution >= 0.6 is 0 Å². The van der Waals surface area contributed by atoms with Gasteiger partial charge in [-0.05, 0) is 23.8 Å². The lowest BCUT2D eigenvalue weighted by Crippen LogP contribution is -2.24. The van der Waals surface area contributed by atoms with E-state index in [2.05, 4.69) is 5.32 Å². The van der Waals surface area contributed by atoms with Crippen molar-refractivity contribution >= 4 is 18.0 Å². The molecule has 1 aromatic rings. The maximum atomic E-state index is 11.0. The quantitative estimate of drug-likeness (QED) is 0.695. The fourth-order valence-electron chi connectivity index (χ4n) is 1.50. The van der Waals surface area contributed by atoms with E-state index in [1.807, 2.05) is 0 Å². The fourth-order valence-corrected chi connectivity index (χ4v) is 1.50. The van der Waals surface area contributed by atoms with Gasteiger partial charge in [-0.1, -0.05) is 0 Å². The van der Waals surface area contributed by atoms with Crippen molar-refractivity contribution in [3.8, 4) is 17.2 Å². The summed E-state index contributed by atoms with van der Waals surface area (Å²) in [5.74, 6) is -1.72. The monoisotopic (exact) mass is 281 g/mol. The zero-order valence-corrected chi connectivity index (χ0v) is 11.3. The number of aliphatic carboxylic acids is 1. The van der Waals surface area contributed by atoms with Crippen LogP contribution in [0.25, 0.3) is 6.08 Å². The van der Waals surface area contributed by atoms with Gasteiger partial charge in [0.1, 0.15) is 5.70 Å². The molecule has 0 heterocycles. The maximum Gasteiger partial charge on any atom is 0.352 e. The molecule has 0 aliphatic carbocycles. The first-order chi connectivity index (χ1) is 9.38. The maximum absolute atomic E-state index is 11.0. The highest BCUT2D eigenvalue weighted by Gasteiger charge is 2.13. The summed E-state index contributed by atoms with van der Waals surface area (Å²) in [6.07, 6.45) is 1.23. The highest BCUT2D eigenvalue weighted by molar-refractivity contribution is 5.96. The molecule has 0 saturated carbocycles. The number of methoxy groups -OCH3 is 2. The van der Waals surface area contributed by atoms with E-state index in [0.717, 1.165) is 0 Å². The van der Waals surface area contributed by atoms with E-state index in [0.29, 0.717) is 5.56 Å². The van der Waals surface area contributed by atoms with Gasteiger partial charge in [0.2, 0.25) is 11.7 Å². The smallest absolute Gasteiger partial charge is 0.352 e. The van der Waals surface area contributed by atoms with Gasteiger partial charge < -0.3 is 25.0 Å². The molecular formula is C13H15NO6. The van der Waals surface area contributed by atoms with Crippen LogP contribution in [0.3, 0.4) is 0 Å². The lowest BCUT2D eigenvalue weighted by molar-refractivity contribution is -0.134. The van der Waals surface area contributed by atoms with Crippen molar-refractivity contribution in [1.82, 2.24) is 5.32 Å². The minimum Gasteiger partial charge on any atom is -0.502 e. The Labute approximate surface area is 115 Å². The number of carbonyl (C=O) groups is 2. The Bertz CT molecular complexity index is 539. The fraction of sp³-hybridized carbons (Fsp3) is 0.231. The van der Waals surface area contributed by atoms with Crippen LogP contribution in [0.5, 0.6) is 17.2 Å². The number of carboxylic acids is 1. The molecule has 0 bridgehead atoms. The molecule has 1 amide bonds. The molecule has 7 heteroatoms. The van der Waals surface area contributed by atoms with Gasteiger partial charge in [0.25, 0.3) is 0 Å². The third-order valence-electron chi connectivity index (χ3n) is 2.35. The number of carboxylic acid groups (broad SMARTS) is 1. The minimum atomic E-state index is -1.29. The topological polar surface area (TPSA) is 105 Å². The Hall–Kier alpha value is -2.70. The summed E-state index contributed by atoms with van der Waals surface area (Å²) < 4.78 is 9.91. The number of ether oxygens (including phenoxy) is 2. The third-order valence-corrected chi connectivity index (χ3v) is 2.35. The number of aromatic hydroxyl groups is 1. The summed E-state index contributed by atoms with van der Waals surface area (Å²) >= 11 is 0. The molecule has 0 radical (unpaired) electrons. The predicted octanol–water partition coefficient (Wildman–Crippen LogP) is 0.971. The van der Waals surface area contributed by atoms with E-state index < -0.39 is 11.9 Å². The molecule has 1 aromatic carbocycles. The summed E-state index contributed by atoms with van der Waals surface area (Å²) in [6.45, 7) is 1.20. The SMILES string of the molecule is COc1cc(/C=C(\NC(C)=O)C(=O)O)cc(OC)c1O. The molecule has 1 rings (SSSR count). The number of rotatable bonds is 5. The van der Waals surface area contributed by atoms with Crippen molar-refractivity contribution < 1.29 is 29.3 Å². The van der Waals surface area contributed by atoms with Crippen LogP contribution in [-0.2, 0) is 9.59 Å². The van der Waals surface area contributed by atoms with Crippen molar-refractivity contribution in [2.45, 2.75) is 6.92 Å². The molecular weight excluding hydrogens is 266 g/mol. The molecule has 0 fully saturated rings. The summed E-state index contributed by atoms with van der Waals surface area (Å²) in [5, 5.41) is 20.9. The van der Waals surface area contributed by atoms with Crippen LogP contribution in [0.15, 0.2) is 17.8 Å². The molecule has 20 heavy (non-hydrogen) atoms. The number of carbonyl (C=O) groups excluding carboxylic acids is 1. The molecule has 0 aliphatic rings. The van der Waals surface area contributed by atoms with Gasteiger partial charge in [0, 0.05) is 6.92 Å². The lowest BCUT2D eigenvalue weighted by atomic mass is 10.1. The number of amides is 1. The number of hydrogen-bond donors (Lipinski definition) is 3. The van der Waals surface area contributed by atoms with Crippen molar-refractivity contribution in [1.29, 1.82) is 0 Å². The van der Waals surface area contributed by atoms with Crippen LogP contribution < -0.4 is 14.8 Å². The molecule has 7 nitrogen and oxygen atoms in total. The second-order valence-corrected chi connectivity index (χ2v) is 3.82. The summed E-state index contributed by atoms with van der Waals surface area (Å²) in [6, 6.07) is 2.84. The number of phenols is 1. The Morgan fingerprint density at radius 2 is 1.70 bits per heavy atom. The zero-order chi connectivity index (χ0) is 15.3. The summed E-state index contributed by atoms with van der Waals surface area (Å²) in [7, 11) is 2.71. The number of benzene rings is 1. The average molecular weight is 281 g/mol. The lowest BCUT2D eigenvalue weighted by Gasteiger charge is -2.10. The molecule has 0 aromatic heterocycles. The Morgan fingerprint density at radius 1 is 1.20 bits per heavy atom. The zero-order valence-electron chi connectivity index (χ0n) is 11.3. The number of nitrogens with one attached hydrogen (secondary N) is 1. The largest absolute Gasteiger partial charge is 0.502 e. The second-order valence-electron chi connectivity index (χ2n) is 3.82. The Balaban J connectivity index is 3.30. The number of phenolic OH excluding ortho intramolecular Hbond substituents is 1. The van der Waals surface area contributed by atoms with E-state index in [9.17, 15) is 14.7 Å². The summed E-state index contributed by atoms with van der Waals surface area (Å²) in [5.41, 5.74) is 0.0925. The van der Waals surface area contributed by atoms with E-state index in [1.165, 1.54) is 39.4 Å². The van der Waals surface area contributed by atoms with E-state index in [1.54, 1.807) is 0 Å². The van der Waals surface area contributed by atoms with Crippen LogP contribution in [0, 0.1) is 0 Å². The van der Waals surface area contributed by atoms with Crippen molar-refractivity contribution in [2.24, 2.45) is 0 Å². The van der Waals surface area contributed by atoms with Gasteiger partial charge in [-0.25, -0.2) is 4.79 Å².